The standard InChI is InChI=1S/C19H19F5O6S/c1-9-7-11-8-10(16(20)21)5-6-12(11)14(30-31(27,28)19(22,23)24)13(9)15(17(25)26)29-18(2,3)4/h5-8,15-16H,1-4H3,(H,25,26). The highest BCUT2D eigenvalue weighted by atomic mass is 32.2. The number of ether oxygens (including phenoxy) is 1. The Hall–Kier alpha value is -2.47. The summed E-state index contributed by atoms with van der Waals surface area (Å²) in [5, 5.41) is 9.27. The van der Waals surface area contributed by atoms with Crippen molar-refractivity contribution in [1.29, 1.82) is 0 Å². The number of aryl methyl sites for hydroxylation is 1. The fourth-order valence-electron chi connectivity index (χ4n) is 2.84. The summed E-state index contributed by atoms with van der Waals surface area (Å²) in [6.07, 6.45) is -4.80. The van der Waals surface area contributed by atoms with E-state index in [1.807, 2.05) is 0 Å². The number of carboxylic acids is 1. The van der Waals surface area contributed by atoms with Crippen LogP contribution in [0.4, 0.5) is 22.0 Å². The normalized spacial score (nSPS) is 14.1. The number of halogens is 5. The zero-order valence-corrected chi connectivity index (χ0v) is 17.6. The number of fused-ring (bicyclic) bond motifs is 1. The number of alkyl halides is 5. The molecule has 12 heteroatoms. The first-order chi connectivity index (χ1) is 13.9. The van der Waals surface area contributed by atoms with Gasteiger partial charge in [0, 0.05) is 16.5 Å². The van der Waals surface area contributed by atoms with Crippen LogP contribution >= 0.6 is 0 Å². The Bertz CT molecular complexity index is 1100. The lowest BCUT2D eigenvalue weighted by Gasteiger charge is -2.28. The summed E-state index contributed by atoms with van der Waals surface area (Å²) in [4.78, 5) is 11.9. The summed E-state index contributed by atoms with van der Waals surface area (Å²) in [6, 6.07) is 4.01. The van der Waals surface area contributed by atoms with Crippen molar-refractivity contribution in [2.45, 2.75) is 51.3 Å². The highest BCUT2D eigenvalue weighted by molar-refractivity contribution is 7.88. The van der Waals surface area contributed by atoms with Crippen molar-refractivity contribution in [3.05, 3.63) is 41.0 Å². The zero-order chi connectivity index (χ0) is 23.9. The van der Waals surface area contributed by atoms with Gasteiger partial charge in [-0.1, -0.05) is 18.2 Å². The van der Waals surface area contributed by atoms with E-state index in [4.69, 9.17) is 4.74 Å². The Labute approximate surface area is 174 Å². The van der Waals surface area contributed by atoms with Gasteiger partial charge in [0.25, 0.3) is 6.43 Å². The van der Waals surface area contributed by atoms with Crippen LogP contribution in [0, 0.1) is 6.92 Å². The van der Waals surface area contributed by atoms with Gasteiger partial charge >= 0.3 is 21.6 Å². The molecule has 0 fully saturated rings. The average molecular weight is 470 g/mol. The van der Waals surface area contributed by atoms with Crippen LogP contribution in [-0.4, -0.2) is 30.6 Å². The van der Waals surface area contributed by atoms with Crippen LogP contribution in [0.15, 0.2) is 24.3 Å². The van der Waals surface area contributed by atoms with Crippen LogP contribution in [-0.2, 0) is 19.6 Å². The molecule has 0 saturated carbocycles. The van der Waals surface area contributed by atoms with Crippen molar-refractivity contribution in [2.75, 3.05) is 0 Å². The van der Waals surface area contributed by atoms with E-state index in [9.17, 15) is 40.3 Å². The molecule has 1 unspecified atom stereocenters. The highest BCUT2D eigenvalue weighted by Gasteiger charge is 2.49. The average Bonchev–Trinajstić information content (AvgIpc) is 2.57. The van der Waals surface area contributed by atoms with E-state index in [-0.39, 0.29) is 16.3 Å². The summed E-state index contributed by atoms with van der Waals surface area (Å²) in [5.41, 5.74) is -7.88. The van der Waals surface area contributed by atoms with Crippen LogP contribution in [0.5, 0.6) is 5.75 Å². The van der Waals surface area contributed by atoms with E-state index in [1.165, 1.54) is 33.8 Å². The van der Waals surface area contributed by atoms with Gasteiger partial charge in [-0.2, -0.15) is 21.6 Å². The minimum atomic E-state index is -6.21. The highest BCUT2D eigenvalue weighted by Crippen LogP contribution is 2.42. The summed E-state index contributed by atoms with van der Waals surface area (Å²) in [5.74, 6) is -2.57. The predicted molar refractivity (Wildman–Crippen MR) is 100 cm³/mol. The first-order valence-corrected chi connectivity index (χ1v) is 10.1. The quantitative estimate of drug-likeness (QED) is 0.352. The van der Waals surface area contributed by atoms with Crippen molar-refractivity contribution >= 4 is 26.9 Å². The molecule has 0 aliphatic carbocycles. The molecule has 0 aliphatic rings. The number of rotatable bonds is 6. The summed E-state index contributed by atoms with van der Waals surface area (Å²) in [7, 11) is -6.21. The lowest BCUT2D eigenvalue weighted by atomic mass is 9.95. The molecule has 0 bridgehead atoms. The molecular formula is C19H19F5O6S. The van der Waals surface area contributed by atoms with Gasteiger partial charge in [0.2, 0.25) is 0 Å². The third kappa shape index (κ3) is 5.42. The van der Waals surface area contributed by atoms with Crippen molar-refractivity contribution < 1.29 is 49.2 Å². The Morgan fingerprint density at radius 2 is 1.68 bits per heavy atom. The van der Waals surface area contributed by atoms with Gasteiger partial charge in [-0.25, -0.2) is 13.6 Å². The van der Waals surface area contributed by atoms with Crippen LogP contribution in [0.2, 0.25) is 0 Å². The van der Waals surface area contributed by atoms with Gasteiger partial charge in [0.1, 0.15) is 0 Å². The minimum absolute atomic E-state index is 0.0251. The van der Waals surface area contributed by atoms with Gasteiger partial charge in [-0.3, -0.25) is 0 Å². The molecule has 0 amide bonds. The predicted octanol–water partition coefficient (Wildman–Crippen LogP) is 5.26. The van der Waals surface area contributed by atoms with Gasteiger partial charge in [0.15, 0.2) is 11.9 Å². The fourth-order valence-corrected chi connectivity index (χ4v) is 3.33. The second-order valence-corrected chi connectivity index (χ2v) is 9.19. The smallest absolute Gasteiger partial charge is 0.479 e. The number of aliphatic carboxylic acids is 1. The Morgan fingerprint density at radius 1 is 1.10 bits per heavy atom. The van der Waals surface area contributed by atoms with E-state index < -0.39 is 56.6 Å². The number of hydrogen-bond acceptors (Lipinski definition) is 5. The van der Waals surface area contributed by atoms with Crippen LogP contribution < -0.4 is 4.18 Å². The molecule has 0 heterocycles. The maximum atomic E-state index is 13.0. The van der Waals surface area contributed by atoms with Crippen molar-refractivity contribution in [2.24, 2.45) is 0 Å². The summed E-state index contributed by atoms with van der Waals surface area (Å²) in [6.45, 7) is 5.74. The molecule has 2 aromatic carbocycles. The van der Waals surface area contributed by atoms with Gasteiger partial charge in [-0.05, 0) is 44.7 Å². The Balaban J connectivity index is 2.91. The van der Waals surface area contributed by atoms with Crippen LogP contribution in [0.25, 0.3) is 10.8 Å². The number of benzene rings is 2. The van der Waals surface area contributed by atoms with E-state index in [0.717, 1.165) is 18.2 Å². The monoisotopic (exact) mass is 470 g/mol. The minimum Gasteiger partial charge on any atom is -0.479 e. The van der Waals surface area contributed by atoms with Gasteiger partial charge in [-0.15, -0.1) is 0 Å². The zero-order valence-electron chi connectivity index (χ0n) is 16.8. The maximum absolute atomic E-state index is 13.0. The summed E-state index contributed by atoms with van der Waals surface area (Å²) >= 11 is 0. The van der Waals surface area contributed by atoms with Crippen molar-refractivity contribution in [3.8, 4) is 5.75 Å². The molecule has 2 aromatic rings. The molecule has 0 aliphatic heterocycles. The molecule has 172 valence electrons. The largest absolute Gasteiger partial charge is 0.534 e. The SMILES string of the molecule is Cc1cc2cc(C(F)F)ccc2c(OS(=O)(=O)C(F)(F)F)c1C(OC(C)(C)C)C(=O)O. The molecule has 1 N–H and O–H groups in total. The third-order valence-corrected chi connectivity index (χ3v) is 5.00. The second kappa shape index (κ2) is 8.23. The lowest BCUT2D eigenvalue weighted by molar-refractivity contribution is -0.160. The third-order valence-electron chi connectivity index (χ3n) is 4.05. The van der Waals surface area contributed by atoms with Crippen molar-refractivity contribution in [3.63, 3.8) is 0 Å². The molecule has 0 aromatic heterocycles. The molecule has 0 saturated heterocycles. The van der Waals surface area contributed by atoms with Crippen molar-refractivity contribution in [1.82, 2.24) is 0 Å². The number of carboxylic acid groups (broad SMARTS) is 1. The summed E-state index contributed by atoms with van der Waals surface area (Å²) < 4.78 is 98.3. The van der Waals surface area contributed by atoms with E-state index >= 15 is 0 Å². The Morgan fingerprint density at radius 3 is 2.13 bits per heavy atom. The first-order valence-electron chi connectivity index (χ1n) is 8.71. The molecule has 0 radical (unpaired) electrons. The molecular weight excluding hydrogens is 451 g/mol. The topological polar surface area (TPSA) is 89.9 Å². The molecule has 0 spiro atoms. The molecule has 6 nitrogen and oxygen atoms in total. The van der Waals surface area contributed by atoms with Gasteiger partial charge < -0.3 is 14.0 Å². The van der Waals surface area contributed by atoms with Crippen LogP contribution in [0.1, 0.15) is 50.0 Å². The first kappa shape index (κ1) is 24.8. The Kier molecular flexibility index (Phi) is 6.58. The fraction of sp³-hybridized carbons (Fsp3) is 0.421. The molecule has 2 rings (SSSR count). The number of carbonyl (C=O) groups is 1. The van der Waals surface area contributed by atoms with E-state index in [2.05, 4.69) is 4.18 Å². The van der Waals surface area contributed by atoms with E-state index in [0.29, 0.717) is 0 Å². The molecule has 31 heavy (non-hydrogen) atoms. The lowest BCUT2D eigenvalue weighted by Crippen LogP contribution is -2.31. The van der Waals surface area contributed by atoms with E-state index in [1.54, 1.807) is 0 Å². The number of hydrogen-bond donors (Lipinski definition) is 1. The van der Waals surface area contributed by atoms with Gasteiger partial charge in [0.05, 0.1) is 5.60 Å². The molecule has 1 atom stereocenters. The van der Waals surface area contributed by atoms with Crippen LogP contribution in [0.3, 0.4) is 0 Å². The maximum Gasteiger partial charge on any atom is 0.534 e. The second-order valence-electron chi connectivity index (χ2n) is 7.65.